The van der Waals surface area contributed by atoms with Crippen LogP contribution in [-0.2, 0) is 10.0 Å². The maximum Gasteiger partial charge on any atom is 0.347 e. The first-order valence-electron chi connectivity index (χ1n) is 5.70. The van der Waals surface area contributed by atoms with Crippen molar-refractivity contribution in [1.29, 1.82) is 0 Å². The number of hydrogen-bond donors (Lipinski definition) is 2. The van der Waals surface area contributed by atoms with Crippen LogP contribution in [0.5, 0.6) is 0 Å². The van der Waals surface area contributed by atoms with Crippen molar-refractivity contribution in [2.45, 2.75) is 24.8 Å². The minimum atomic E-state index is -3.93. The van der Waals surface area contributed by atoms with Crippen molar-refractivity contribution in [2.24, 2.45) is 0 Å². The highest BCUT2D eigenvalue weighted by Crippen LogP contribution is 2.28. The summed E-state index contributed by atoms with van der Waals surface area (Å²) in [5, 5.41) is 10.6. The Bertz CT molecular complexity index is 715. The highest BCUT2D eigenvalue weighted by Gasteiger charge is 2.28. The van der Waals surface area contributed by atoms with Gasteiger partial charge in [-0.15, -0.1) is 11.3 Å². The van der Waals surface area contributed by atoms with Crippen LogP contribution in [0.15, 0.2) is 33.1 Å². The quantitative estimate of drug-likeness (QED) is 0.883. The van der Waals surface area contributed by atoms with Crippen LogP contribution in [0.4, 0.5) is 0 Å². The number of carboxylic acid groups (broad SMARTS) is 1. The van der Waals surface area contributed by atoms with Crippen LogP contribution in [0, 0.1) is 6.92 Å². The second kappa shape index (κ2) is 5.39. The Morgan fingerprint density at radius 3 is 2.75 bits per heavy atom. The molecule has 6 nitrogen and oxygen atoms in total. The van der Waals surface area contributed by atoms with Gasteiger partial charge in [-0.25, -0.2) is 17.9 Å². The monoisotopic (exact) mass is 315 g/mol. The van der Waals surface area contributed by atoms with Gasteiger partial charge in [-0.2, -0.15) is 0 Å². The largest absolute Gasteiger partial charge is 0.477 e. The Morgan fingerprint density at radius 2 is 2.20 bits per heavy atom. The van der Waals surface area contributed by atoms with Crippen LogP contribution < -0.4 is 4.72 Å². The molecule has 0 aliphatic rings. The summed E-state index contributed by atoms with van der Waals surface area (Å²) in [6.07, 6.45) is 1.44. The number of carbonyl (C=O) groups is 1. The zero-order valence-electron chi connectivity index (χ0n) is 10.8. The highest BCUT2D eigenvalue weighted by atomic mass is 32.2. The minimum absolute atomic E-state index is 0.187. The third kappa shape index (κ3) is 2.77. The SMILES string of the molecule is Cc1csc(C(=O)O)c1S(=O)(=O)NC(C)c1ccco1. The van der Waals surface area contributed by atoms with Gasteiger partial charge >= 0.3 is 5.97 Å². The van der Waals surface area contributed by atoms with Crippen molar-refractivity contribution in [3.05, 3.63) is 40.0 Å². The van der Waals surface area contributed by atoms with E-state index in [1.165, 1.54) is 11.6 Å². The maximum atomic E-state index is 12.3. The molecule has 0 aliphatic carbocycles. The summed E-state index contributed by atoms with van der Waals surface area (Å²) in [7, 11) is -3.93. The van der Waals surface area contributed by atoms with Crippen molar-refractivity contribution < 1.29 is 22.7 Å². The van der Waals surface area contributed by atoms with Gasteiger partial charge in [0.1, 0.15) is 15.5 Å². The van der Waals surface area contributed by atoms with Gasteiger partial charge in [-0.1, -0.05) is 0 Å². The molecule has 0 spiro atoms. The summed E-state index contributed by atoms with van der Waals surface area (Å²) < 4.78 is 32.2. The van der Waals surface area contributed by atoms with Crippen molar-refractivity contribution in [1.82, 2.24) is 4.72 Å². The van der Waals surface area contributed by atoms with Crippen LogP contribution in [0.1, 0.15) is 34.0 Å². The molecule has 1 unspecified atom stereocenters. The van der Waals surface area contributed by atoms with Crippen molar-refractivity contribution in [3.63, 3.8) is 0 Å². The fraction of sp³-hybridized carbons (Fsp3) is 0.250. The van der Waals surface area contributed by atoms with Gasteiger partial charge in [0, 0.05) is 0 Å². The normalized spacial score (nSPS) is 13.3. The van der Waals surface area contributed by atoms with E-state index in [4.69, 9.17) is 9.52 Å². The molecule has 0 radical (unpaired) electrons. The summed E-state index contributed by atoms with van der Waals surface area (Å²) >= 11 is 0.894. The van der Waals surface area contributed by atoms with Crippen molar-refractivity contribution in [2.75, 3.05) is 0 Å². The van der Waals surface area contributed by atoms with Crippen molar-refractivity contribution >= 4 is 27.3 Å². The standard InChI is InChI=1S/C12H13NO5S2/c1-7-6-19-10(12(14)15)11(7)20(16,17)13-8(2)9-4-3-5-18-9/h3-6,8,13H,1-2H3,(H,14,15). The van der Waals surface area contributed by atoms with Gasteiger partial charge in [0.05, 0.1) is 12.3 Å². The Kier molecular flexibility index (Phi) is 3.98. The summed E-state index contributed by atoms with van der Waals surface area (Å²) in [5.74, 6) is -0.799. The van der Waals surface area contributed by atoms with E-state index >= 15 is 0 Å². The Morgan fingerprint density at radius 1 is 1.50 bits per heavy atom. The highest BCUT2D eigenvalue weighted by molar-refractivity contribution is 7.89. The summed E-state index contributed by atoms with van der Waals surface area (Å²) in [4.78, 5) is 10.7. The molecular weight excluding hydrogens is 302 g/mol. The lowest BCUT2D eigenvalue weighted by atomic mass is 10.3. The number of aryl methyl sites for hydroxylation is 1. The first kappa shape index (κ1) is 14.8. The lowest BCUT2D eigenvalue weighted by molar-refractivity contribution is 0.0698. The van der Waals surface area contributed by atoms with Gasteiger partial charge in [0.15, 0.2) is 0 Å². The van der Waals surface area contributed by atoms with Crippen LogP contribution in [-0.4, -0.2) is 19.5 Å². The zero-order valence-corrected chi connectivity index (χ0v) is 12.4. The molecule has 108 valence electrons. The molecule has 0 bridgehead atoms. The van der Waals surface area contributed by atoms with Gasteiger partial charge in [0.25, 0.3) is 0 Å². The molecule has 0 aromatic carbocycles. The maximum absolute atomic E-state index is 12.3. The van der Waals surface area contributed by atoms with Gasteiger partial charge in [0.2, 0.25) is 10.0 Å². The molecule has 0 amide bonds. The number of hydrogen-bond acceptors (Lipinski definition) is 5. The molecule has 2 aromatic heterocycles. The molecule has 2 aromatic rings. The second-order valence-electron chi connectivity index (χ2n) is 4.24. The van der Waals surface area contributed by atoms with E-state index in [0.717, 1.165) is 11.3 Å². The number of sulfonamides is 1. The van der Waals surface area contributed by atoms with Gasteiger partial charge < -0.3 is 9.52 Å². The predicted molar refractivity (Wildman–Crippen MR) is 73.5 cm³/mol. The number of furan rings is 1. The lowest BCUT2D eigenvalue weighted by Crippen LogP contribution is -2.28. The van der Waals surface area contributed by atoms with Gasteiger partial charge in [-0.05, 0) is 36.9 Å². The van der Waals surface area contributed by atoms with Crippen LogP contribution in [0.25, 0.3) is 0 Å². The van der Waals surface area contributed by atoms with E-state index in [-0.39, 0.29) is 9.77 Å². The van der Waals surface area contributed by atoms with Crippen LogP contribution in [0.2, 0.25) is 0 Å². The Hall–Kier alpha value is -1.64. The first-order chi connectivity index (χ1) is 9.33. The van der Waals surface area contributed by atoms with E-state index in [0.29, 0.717) is 11.3 Å². The summed E-state index contributed by atoms with van der Waals surface area (Å²) in [5.41, 5.74) is 0.409. The molecule has 0 fully saturated rings. The molecule has 8 heteroatoms. The fourth-order valence-electron chi connectivity index (χ4n) is 1.80. The number of aromatic carboxylic acids is 1. The third-order valence-electron chi connectivity index (χ3n) is 2.68. The predicted octanol–water partition coefficient (Wildman–Crippen LogP) is 2.39. The number of carboxylic acids is 1. The summed E-state index contributed by atoms with van der Waals surface area (Å²) in [6.45, 7) is 3.19. The van der Waals surface area contributed by atoms with Crippen LogP contribution in [0.3, 0.4) is 0 Å². The molecule has 1 atom stereocenters. The molecular formula is C12H13NO5S2. The molecule has 0 aliphatic heterocycles. The van der Waals surface area contributed by atoms with Crippen LogP contribution >= 0.6 is 11.3 Å². The number of thiophene rings is 1. The summed E-state index contributed by atoms with van der Waals surface area (Å²) in [6, 6.07) is 2.71. The Labute approximate surface area is 120 Å². The first-order valence-corrected chi connectivity index (χ1v) is 8.06. The fourth-order valence-corrected chi connectivity index (χ4v) is 4.65. The Balaban J connectivity index is 2.36. The molecule has 2 rings (SSSR count). The minimum Gasteiger partial charge on any atom is -0.477 e. The average Bonchev–Trinajstić information content (AvgIpc) is 2.96. The van der Waals surface area contributed by atoms with E-state index in [1.54, 1.807) is 26.0 Å². The zero-order chi connectivity index (χ0) is 14.9. The van der Waals surface area contributed by atoms with Crippen molar-refractivity contribution in [3.8, 4) is 0 Å². The molecule has 20 heavy (non-hydrogen) atoms. The van der Waals surface area contributed by atoms with E-state index in [9.17, 15) is 13.2 Å². The lowest BCUT2D eigenvalue weighted by Gasteiger charge is -2.12. The molecule has 0 saturated heterocycles. The topological polar surface area (TPSA) is 96.6 Å². The van der Waals surface area contributed by atoms with E-state index in [2.05, 4.69) is 4.72 Å². The van der Waals surface area contributed by atoms with E-state index in [1.807, 2.05) is 0 Å². The second-order valence-corrected chi connectivity index (χ2v) is 6.77. The number of nitrogens with one attached hydrogen (secondary N) is 1. The molecule has 0 saturated carbocycles. The van der Waals surface area contributed by atoms with E-state index < -0.39 is 22.0 Å². The van der Waals surface area contributed by atoms with Gasteiger partial charge in [-0.3, -0.25) is 0 Å². The smallest absolute Gasteiger partial charge is 0.347 e. The third-order valence-corrected chi connectivity index (χ3v) is 5.63. The number of rotatable bonds is 5. The molecule has 2 heterocycles. The molecule has 2 N–H and O–H groups in total. The average molecular weight is 315 g/mol.